The van der Waals surface area contributed by atoms with E-state index < -0.39 is 0 Å². The van der Waals surface area contributed by atoms with Crippen molar-refractivity contribution in [3.8, 4) is 0 Å². The van der Waals surface area contributed by atoms with E-state index in [1.54, 1.807) is 0 Å². The number of carbonyl (C=O) groups excluding carboxylic acids is 1. The third-order valence-corrected chi connectivity index (χ3v) is 6.38. The zero-order chi connectivity index (χ0) is 21.1. The quantitative estimate of drug-likeness (QED) is 0.622. The van der Waals surface area contributed by atoms with Gasteiger partial charge >= 0.3 is 0 Å². The summed E-state index contributed by atoms with van der Waals surface area (Å²) in [5, 5.41) is 4.80. The second-order valence-corrected chi connectivity index (χ2v) is 9.07. The fourth-order valence-corrected chi connectivity index (χ4v) is 4.97. The first-order valence-electron chi connectivity index (χ1n) is 11.2. The number of likely N-dealkylation sites (tertiary alicyclic amines) is 1. The number of hydrogen-bond donors (Lipinski definition) is 2. The lowest BCUT2D eigenvalue weighted by molar-refractivity contribution is -0.135. The molecule has 2 aromatic carbocycles. The number of nitrogens with one attached hydrogen (secondary N) is 2. The van der Waals surface area contributed by atoms with Gasteiger partial charge in [-0.15, -0.1) is 0 Å². The van der Waals surface area contributed by atoms with Gasteiger partial charge in [-0.1, -0.05) is 62.4 Å². The first-order chi connectivity index (χ1) is 14.5. The van der Waals surface area contributed by atoms with Crippen LogP contribution in [0.15, 0.2) is 60.8 Å². The molecule has 1 aliphatic heterocycles. The van der Waals surface area contributed by atoms with Crippen molar-refractivity contribution in [1.82, 2.24) is 15.2 Å². The Hall–Kier alpha value is -2.59. The van der Waals surface area contributed by atoms with Crippen LogP contribution in [0.4, 0.5) is 0 Å². The van der Waals surface area contributed by atoms with E-state index >= 15 is 0 Å². The van der Waals surface area contributed by atoms with Crippen LogP contribution < -0.4 is 5.32 Å². The van der Waals surface area contributed by atoms with E-state index in [1.807, 2.05) is 13.0 Å². The number of H-pyrrole nitrogens is 1. The molecule has 30 heavy (non-hydrogen) atoms. The van der Waals surface area contributed by atoms with Crippen LogP contribution in [0.3, 0.4) is 0 Å². The van der Waals surface area contributed by atoms with Crippen molar-refractivity contribution in [2.24, 2.45) is 11.8 Å². The van der Waals surface area contributed by atoms with Gasteiger partial charge in [0.05, 0.1) is 6.04 Å². The van der Waals surface area contributed by atoms with Gasteiger partial charge in [-0.05, 0) is 42.4 Å². The second kappa shape index (κ2) is 9.05. The van der Waals surface area contributed by atoms with Crippen molar-refractivity contribution >= 4 is 16.8 Å². The molecule has 4 nitrogen and oxygen atoms in total. The minimum absolute atomic E-state index is 0.178. The van der Waals surface area contributed by atoms with Crippen LogP contribution in [-0.2, 0) is 4.79 Å². The summed E-state index contributed by atoms with van der Waals surface area (Å²) in [6, 6.07) is 18.8. The summed E-state index contributed by atoms with van der Waals surface area (Å²) in [5.41, 5.74) is 3.67. The Labute approximate surface area is 179 Å². The molecule has 0 bridgehead atoms. The van der Waals surface area contributed by atoms with Crippen LogP contribution in [-0.4, -0.2) is 41.5 Å². The SMILES string of the molecule is C[C@@H]1C[C@@H](C)CN(C(=O)[C@@H](C)NC[C@@H](c2ccccc2)c2c[nH]c3ccccc23)C1. The molecule has 0 aliphatic carbocycles. The van der Waals surface area contributed by atoms with E-state index in [-0.39, 0.29) is 17.9 Å². The maximum absolute atomic E-state index is 13.1. The highest BCUT2D eigenvalue weighted by molar-refractivity contribution is 5.84. The molecule has 1 fully saturated rings. The zero-order valence-electron chi connectivity index (χ0n) is 18.3. The molecule has 1 saturated heterocycles. The Morgan fingerprint density at radius 1 is 1.07 bits per heavy atom. The molecule has 4 heteroatoms. The number of rotatable bonds is 6. The maximum Gasteiger partial charge on any atom is 0.239 e. The average molecular weight is 404 g/mol. The molecule has 2 N–H and O–H groups in total. The lowest BCUT2D eigenvalue weighted by Gasteiger charge is -2.36. The predicted molar refractivity (Wildman–Crippen MR) is 124 cm³/mol. The van der Waals surface area contributed by atoms with Crippen LogP contribution >= 0.6 is 0 Å². The van der Waals surface area contributed by atoms with Gasteiger partial charge in [0.25, 0.3) is 0 Å². The number of fused-ring (bicyclic) bond motifs is 1. The molecule has 1 aromatic heterocycles. The van der Waals surface area contributed by atoms with Gasteiger partial charge in [-0.2, -0.15) is 0 Å². The van der Waals surface area contributed by atoms with Crippen LogP contribution in [0, 0.1) is 11.8 Å². The molecule has 0 radical (unpaired) electrons. The van der Waals surface area contributed by atoms with Crippen LogP contribution in [0.1, 0.15) is 44.2 Å². The molecule has 1 amide bonds. The van der Waals surface area contributed by atoms with Crippen LogP contribution in [0.5, 0.6) is 0 Å². The maximum atomic E-state index is 13.1. The van der Waals surface area contributed by atoms with Crippen molar-refractivity contribution in [2.75, 3.05) is 19.6 Å². The van der Waals surface area contributed by atoms with Gasteiger partial charge in [0.2, 0.25) is 5.91 Å². The van der Waals surface area contributed by atoms with Crippen molar-refractivity contribution in [1.29, 1.82) is 0 Å². The van der Waals surface area contributed by atoms with Gasteiger partial charge in [0.15, 0.2) is 0 Å². The van der Waals surface area contributed by atoms with E-state index in [0.29, 0.717) is 11.8 Å². The summed E-state index contributed by atoms with van der Waals surface area (Å²) in [6.07, 6.45) is 3.33. The minimum atomic E-state index is -0.195. The highest BCUT2D eigenvalue weighted by Crippen LogP contribution is 2.30. The molecule has 0 spiro atoms. The van der Waals surface area contributed by atoms with E-state index in [9.17, 15) is 4.79 Å². The smallest absolute Gasteiger partial charge is 0.239 e. The molecule has 2 heterocycles. The van der Waals surface area contributed by atoms with Crippen molar-refractivity contribution in [2.45, 2.75) is 39.2 Å². The Morgan fingerprint density at radius 2 is 1.73 bits per heavy atom. The normalized spacial score (nSPS) is 21.5. The highest BCUT2D eigenvalue weighted by Gasteiger charge is 2.29. The number of nitrogens with zero attached hydrogens (tertiary/aromatic N) is 1. The predicted octanol–water partition coefficient (Wildman–Crippen LogP) is 4.78. The van der Waals surface area contributed by atoms with Crippen molar-refractivity contribution in [3.63, 3.8) is 0 Å². The van der Waals surface area contributed by atoms with E-state index in [0.717, 1.165) is 25.2 Å². The summed E-state index contributed by atoms with van der Waals surface area (Å²) in [7, 11) is 0. The van der Waals surface area contributed by atoms with Gasteiger partial charge in [-0.3, -0.25) is 4.79 Å². The Morgan fingerprint density at radius 3 is 2.47 bits per heavy atom. The van der Waals surface area contributed by atoms with E-state index in [1.165, 1.54) is 22.9 Å². The van der Waals surface area contributed by atoms with Crippen molar-refractivity contribution < 1.29 is 4.79 Å². The molecule has 158 valence electrons. The standard InChI is InChI=1S/C26H33N3O/c1-18-13-19(2)17-29(16-18)26(30)20(3)27-14-23(21-9-5-4-6-10-21)24-15-28-25-12-8-7-11-22(24)25/h4-12,15,18-20,23,27-28H,13-14,16-17H2,1-3H3/t18-,19-,20-,23+/m1/s1. The molecule has 0 saturated carbocycles. The number of amides is 1. The lowest BCUT2D eigenvalue weighted by Crippen LogP contribution is -2.50. The summed E-state index contributed by atoms with van der Waals surface area (Å²) in [6.45, 7) is 8.97. The van der Waals surface area contributed by atoms with Gasteiger partial charge in [0.1, 0.15) is 0 Å². The molecule has 4 atom stereocenters. The second-order valence-electron chi connectivity index (χ2n) is 9.07. The first-order valence-corrected chi connectivity index (χ1v) is 11.2. The fourth-order valence-electron chi connectivity index (χ4n) is 4.97. The lowest BCUT2D eigenvalue weighted by atomic mass is 9.90. The number of benzene rings is 2. The van der Waals surface area contributed by atoms with Crippen LogP contribution in [0.2, 0.25) is 0 Å². The Bertz CT molecular complexity index is 970. The number of aromatic amines is 1. The van der Waals surface area contributed by atoms with Crippen LogP contribution in [0.25, 0.3) is 10.9 Å². The number of piperidine rings is 1. The summed E-state index contributed by atoms with van der Waals surface area (Å²) >= 11 is 0. The molecule has 4 rings (SSSR count). The Balaban J connectivity index is 1.52. The highest BCUT2D eigenvalue weighted by atomic mass is 16.2. The fraction of sp³-hybridized carbons (Fsp3) is 0.423. The molecular weight excluding hydrogens is 370 g/mol. The number of carbonyl (C=O) groups is 1. The van der Waals surface area contributed by atoms with Gasteiger partial charge in [-0.25, -0.2) is 0 Å². The number of hydrogen-bond acceptors (Lipinski definition) is 2. The average Bonchev–Trinajstić information content (AvgIpc) is 3.17. The summed E-state index contributed by atoms with van der Waals surface area (Å²) in [5.74, 6) is 1.55. The monoisotopic (exact) mass is 403 g/mol. The minimum Gasteiger partial charge on any atom is -0.361 e. The Kier molecular flexibility index (Phi) is 6.24. The van der Waals surface area contributed by atoms with E-state index in [4.69, 9.17) is 0 Å². The molecule has 1 aliphatic rings. The molecular formula is C26H33N3O. The van der Waals surface area contributed by atoms with Gasteiger partial charge in [0, 0.05) is 42.7 Å². The van der Waals surface area contributed by atoms with Crippen molar-refractivity contribution in [3.05, 3.63) is 71.9 Å². The first kappa shape index (κ1) is 20.7. The third-order valence-electron chi connectivity index (χ3n) is 6.38. The van der Waals surface area contributed by atoms with Gasteiger partial charge < -0.3 is 15.2 Å². The number of aromatic nitrogens is 1. The molecule has 3 aromatic rings. The van der Waals surface area contributed by atoms with E-state index in [2.05, 4.69) is 83.8 Å². The summed E-state index contributed by atoms with van der Waals surface area (Å²) < 4.78 is 0. The topological polar surface area (TPSA) is 48.1 Å². The third kappa shape index (κ3) is 4.44. The number of para-hydroxylation sites is 1. The molecule has 0 unspecified atom stereocenters. The largest absolute Gasteiger partial charge is 0.361 e. The summed E-state index contributed by atoms with van der Waals surface area (Å²) in [4.78, 5) is 18.6. The zero-order valence-corrected chi connectivity index (χ0v) is 18.3.